The molecule has 3 aromatic carbocycles. The van der Waals surface area contributed by atoms with Crippen LogP contribution >= 0.6 is 0 Å². The van der Waals surface area contributed by atoms with Gasteiger partial charge >= 0.3 is 0 Å². The summed E-state index contributed by atoms with van der Waals surface area (Å²) >= 11 is 0. The van der Waals surface area contributed by atoms with Crippen molar-refractivity contribution in [1.29, 1.82) is 0 Å². The van der Waals surface area contributed by atoms with E-state index in [1.165, 1.54) is 4.90 Å². The van der Waals surface area contributed by atoms with Gasteiger partial charge in [0, 0.05) is 12.6 Å². The number of fused-ring (bicyclic) bond motifs is 2. The largest absolute Gasteiger partial charge is 0.495 e. The van der Waals surface area contributed by atoms with Crippen LogP contribution in [0.15, 0.2) is 60.7 Å². The van der Waals surface area contributed by atoms with Gasteiger partial charge in [0.05, 0.1) is 24.0 Å². The zero-order valence-corrected chi connectivity index (χ0v) is 16.4. The van der Waals surface area contributed by atoms with Crippen molar-refractivity contribution in [1.82, 2.24) is 0 Å². The van der Waals surface area contributed by atoms with Gasteiger partial charge in [-0.2, -0.15) is 0 Å². The van der Waals surface area contributed by atoms with Gasteiger partial charge in [0.15, 0.2) is 5.75 Å². The topological polar surface area (TPSA) is 67.9 Å². The number of benzene rings is 3. The molecular formula is C23H20N2O4. The van der Waals surface area contributed by atoms with Gasteiger partial charge in [-0.1, -0.05) is 18.2 Å². The van der Waals surface area contributed by atoms with Crippen molar-refractivity contribution in [2.45, 2.75) is 6.92 Å². The Morgan fingerprint density at radius 1 is 1.03 bits per heavy atom. The lowest BCUT2D eigenvalue weighted by Crippen LogP contribution is -2.25. The highest BCUT2D eigenvalue weighted by molar-refractivity contribution is 6.11. The summed E-state index contributed by atoms with van der Waals surface area (Å²) in [7, 11) is 3.22. The summed E-state index contributed by atoms with van der Waals surface area (Å²) in [5.74, 6) is 1.07. The third-order valence-electron chi connectivity index (χ3n) is 4.83. The Hall–Kier alpha value is -3.80. The molecule has 0 atom stereocenters. The average molecular weight is 388 g/mol. The Labute approximate surface area is 168 Å². The first-order valence-corrected chi connectivity index (χ1v) is 9.13. The number of rotatable bonds is 3. The van der Waals surface area contributed by atoms with E-state index in [2.05, 4.69) is 5.32 Å². The van der Waals surface area contributed by atoms with Crippen molar-refractivity contribution in [3.05, 3.63) is 77.4 Å². The van der Waals surface area contributed by atoms with Crippen LogP contribution in [0.25, 0.3) is 0 Å². The second kappa shape index (κ2) is 7.31. The highest BCUT2D eigenvalue weighted by Gasteiger charge is 2.26. The normalized spacial score (nSPS) is 12.4. The van der Waals surface area contributed by atoms with Gasteiger partial charge in [0.25, 0.3) is 11.8 Å². The second-order valence-electron chi connectivity index (χ2n) is 6.80. The van der Waals surface area contributed by atoms with E-state index in [9.17, 15) is 9.59 Å². The smallest absolute Gasteiger partial charge is 0.261 e. The summed E-state index contributed by atoms with van der Waals surface area (Å²) in [6.45, 7) is 1.94. The predicted molar refractivity (Wildman–Crippen MR) is 111 cm³/mol. The van der Waals surface area contributed by atoms with Crippen LogP contribution in [0, 0.1) is 6.92 Å². The number of carbonyl (C=O) groups excluding carboxylic acids is 2. The minimum Gasteiger partial charge on any atom is -0.495 e. The maximum absolute atomic E-state index is 12.9. The molecule has 0 spiro atoms. The first-order chi connectivity index (χ1) is 14.0. The highest BCUT2D eigenvalue weighted by atomic mass is 16.5. The number of aryl methyl sites for hydroxylation is 1. The van der Waals surface area contributed by atoms with E-state index in [0.717, 1.165) is 5.56 Å². The molecule has 6 heteroatoms. The molecule has 0 bridgehead atoms. The number of ether oxygens (including phenoxy) is 2. The van der Waals surface area contributed by atoms with Crippen LogP contribution in [0.2, 0.25) is 0 Å². The molecule has 0 radical (unpaired) electrons. The molecule has 0 aromatic heterocycles. The molecule has 2 amide bonds. The van der Waals surface area contributed by atoms with Crippen molar-refractivity contribution < 1.29 is 19.1 Å². The van der Waals surface area contributed by atoms with Gasteiger partial charge in [0.1, 0.15) is 11.5 Å². The summed E-state index contributed by atoms with van der Waals surface area (Å²) in [5.41, 5.74) is 2.98. The Balaban J connectivity index is 1.68. The molecule has 1 aliphatic rings. The molecule has 3 aromatic rings. The molecule has 146 valence electrons. The molecular weight excluding hydrogens is 368 g/mol. The molecule has 0 saturated carbocycles. The minimum atomic E-state index is -0.306. The third-order valence-corrected chi connectivity index (χ3v) is 4.83. The summed E-state index contributed by atoms with van der Waals surface area (Å²) in [5, 5.41) is 2.88. The van der Waals surface area contributed by atoms with Crippen LogP contribution in [-0.2, 0) is 0 Å². The van der Waals surface area contributed by atoms with E-state index in [4.69, 9.17) is 9.47 Å². The predicted octanol–water partition coefficient (Wildman–Crippen LogP) is 4.64. The van der Waals surface area contributed by atoms with Gasteiger partial charge in [-0.3, -0.25) is 9.59 Å². The number of hydrogen-bond donors (Lipinski definition) is 1. The van der Waals surface area contributed by atoms with E-state index in [0.29, 0.717) is 39.8 Å². The fraction of sp³-hybridized carbons (Fsp3) is 0.130. The molecule has 6 nitrogen and oxygen atoms in total. The molecule has 0 aliphatic carbocycles. The lowest BCUT2D eigenvalue weighted by atomic mass is 10.1. The Morgan fingerprint density at radius 3 is 2.62 bits per heavy atom. The molecule has 29 heavy (non-hydrogen) atoms. The molecule has 0 unspecified atom stereocenters. The Morgan fingerprint density at radius 2 is 1.83 bits per heavy atom. The highest BCUT2D eigenvalue weighted by Crippen LogP contribution is 2.39. The Kier molecular flexibility index (Phi) is 4.68. The maximum atomic E-state index is 12.9. The molecule has 0 fully saturated rings. The summed E-state index contributed by atoms with van der Waals surface area (Å²) in [6.07, 6.45) is 0. The number of carbonyl (C=O) groups is 2. The maximum Gasteiger partial charge on any atom is 0.261 e. The van der Waals surface area contributed by atoms with Crippen LogP contribution in [0.4, 0.5) is 11.4 Å². The van der Waals surface area contributed by atoms with Crippen LogP contribution in [0.1, 0.15) is 26.3 Å². The fourth-order valence-electron chi connectivity index (χ4n) is 3.26. The van der Waals surface area contributed by atoms with Crippen LogP contribution in [0.5, 0.6) is 17.2 Å². The van der Waals surface area contributed by atoms with Gasteiger partial charge in [-0.25, -0.2) is 0 Å². The molecule has 0 saturated heterocycles. The SMILES string of the molecule is COc1ccc(C)cc1NC(=O)c1ccc2c(c1)N(C)C(=O)c1ccccc1O2. The van der Waals surface area contributed by atoms with Crippen LogP contribution in [-0.4, -0.2) is 26.0 Å². The summed E-state index contributed by atoms with van der Waals surface area (Å²) in [4.78, 5) is 27.2. The monoisotopic (exact) mass is 388 g/mol. The average Bonchev–Trinajstić information content (AvgIpc) is 2.83. The standard InChI is InChI=1S/C23H20N2O4/c1-14-8-10-20(28-3)17(12-14)24-22(26)15-9-11-21-18(13-15)25(2)23(27)16-6-4-5-7-19(16)29-21/h4-13H,1-3H3,(H,24,26). The van der Waals surface area contributed by atoms with Crippen molar-refractivity contribution in [2.24, 2.45) is 0 Å². The zero-order chi connectivity index (χ0) is 20.5. The fourth-order valence-corrected chi connectivity index (χ4v) is 3.26. The van der Waals surface area contributed by atoms with E-state index in [1.54, 1.807) is 56.6 Å². The molecule has 1 heterocycles. The van der Waals surface area contributed by atoms with E-state index < -0.39 is 0 Å². The van der Waals surface area contributed by atoms with Crippen molar-refractivity contribution in [3.63, 3.8) is 0 Å². The summed E-state index contributed by atoms with van der Waals surface area (Å²) < 4.78 is 11.3. The van der Waals surface area contributed by atoms with Gasteiger partial charge in [-0.15, -0.1) is 0 Å². The zero-order valence-electron chi connectivity index (χ0n) is 16.4. The number of amides is 2. The summed E-state index contributed by atoms with van der Waals surface area (Å²) in [6, 6.07) is 17.6. The lowest BCUT2D eigenvalue weighted by molar-refractivity contribution is 0.0989. The van der Waals surface area contributed by atoms with Crippen molar-refractivity contribution in [3.8, 4) is 17.2 Å². The van der Waals surface area contributed by atoms with E-state index in [1.807, 2.05) is 25.1 Å². The minimum absolute atomic E-state index is 0.197. The number of methoxy groups -OCH3 is 1. The van der Waals surface area contributed by atoms with Crippen LogP contribution < -0.4 is 19.7 Å². The molecule has 4 rings (SSSR count). The lowest BCUT2D eigenvalue weighted by Gasteiger charge is -2.17. The first-order valence-electron chi connectivity index (χ1n) is 9.13. The van der Waals surface area contributed by atoms with Crippen molar-refractivity contribution >= 4 is 23.2 Å². The van der Waals surface area contributed by atoms with E-state index in [-0.39, 0.29) is 11.8 Å². The quantitative estimate of drug-likeness (QED) is 0.710. The second-order valence-corrected chi connectivity index (χ2v) is 6.80. The number of anilines is 2. The van der Waals surface area contributed by atoms with Crippen molar-refractivity contribution in [2.75, 3.05) is 24.4 Å². The molecule has 1 aliphatic heterocycles. The number of hydrogen-bond acceptors (Lipinski definition) is 4. The first kappa shape index (κ1) is 18.6. The van der Waals surface area contributed by atoms with Crippen LogP contribution in [0.3, 0.4) is 0 Å². The Bertz CT molecular complexity index is 1120. The number of nitrogens with one attached hydrogen (secondary N) is 1. The van der Waals surface area contributed by atoms with E-state index >= 15 is 0 Å². The van der Waals surface area contributed by atoms with Gasteiger partial charge < -0.3 is 19.7 Å². The van der Waals surface area contributed by atoms with Gasteiger partial charge in [0.2, 0.25) is 0 Å². The third kappa shape index (κ3) is 3.40. The van der Waals surface area contributed by atoms with Gasteiger partial charge in [-0.05, 0) is 55.0 Å². The number of para-hydroxylation sites is 1. The number of nitrogens with zero attached hydrogens (tertiary/aromatic N) is 1. The molecule has 1 N–H and O–H groups in total.